The van der Waals surface area contributed by atoms with E-state index in [0.29, 0.717) is 24.3 Å². The molecule has 2 aliphatic rings. The molecule has 3 nitrogen and oxygen atoms in total. The van der Waals surface area contributed by atoms with Gasteiger partial charge in [0.1, 0.15) is 0 Å². The minimum atomic E-state index is 0.485. The minimum absolute atomic E-state index is 0.485. The van der Waals surface area contributed by atoms with Crippen LogP contribution in [0.2, 0.25) is 0 Å². The third-order valence-corrected chi connectivity index (χ3v) is 4.17. The van der Waals surface area contributed by atoms with Crippen molar-refractivity contribution in [2.75, 3.05) is 13.7 Å². The molecule has 17 heavy (non-hydrogen) atoms. The molecular weight excluding hydrogens is 214 g/mol. The van der Waals surface area contributed by atoms with Gasteiger partial charge in [0.05, 0.1) is 12.2 Å². The molecule has 1 saturated carbocycles. The van der Waals surface area contributed by atoms with Crippen LogP contribution in [0.15, 0.2) is 0 Å². The fourth-order valence-corrected chi connectivity index (χ4v) is 3.19. The highest BCUT2D eigenvalue weighted by Crippen LogP contribution is 2.24. The number of nitrogens with one attached hydrogen (secondary N) is 1. The van der Waals surface area contributed by atoms with Crippen molar-refractivity contribution in [1.29, 1.82) is 0 Å². The summed E-state index contributed by atoms with van der Waals surface area (Å²) in [6.07, 6.45) is 9.47. The predicted molar refractivity (Wildman–Crippen MR) is 69.2 cm³/mol. The largest absolute Gasteiger partial charge is 0.381 e. The van der Waals surface area contributed by atoms with E-state index in [-0.39, 0.29) is 0 Å². The van der Waals surface area contributed by atoms with Gasteiger partial charge in [0.2, 0.25) is 0 Å². The molecule has 1 heterocycles. The number of hydrogen-bond acceptors (Lipinski definition) is 3. The second kappa shape index (κ2) is 6.72. The maximum absolute atomic E-state index is 5.79. The standard InChI is InChI=1S/C14H27NO2/c1-3-4-14-10-12(7-8-17-14)15-11-5-6-13(9-11)16-2/h11-15H,3-10H2,1-2H3. The normalized spacial score (nSPS) is 38.5. The molecule has 0 spiro atoms. The summed E-state index contributed by atoms with van der Waals surface area (Å²) in [5.41, 5.74) is 0. The zero-order chi connectivity index (χ0) is 12.1. The highest BCUT2D eigenvalue weighted by Gasteiger charge is 2.28. The lowest BCUT2D eigenvalue weighted by molar-refractivity contribution is -0.00521. The molecule has 0 aromatic rings. The van der Waals surface area contributed by atoms with E-state index in [1.54, 1.807) is 0 Å². The summed E-state index contributed by atoms with van der Waals surface area (Å²) in [7, 11) is 1.83. The van der Waals surface area contributed by atoms with E-state index in [2.05, 4.69) is 12.2 Å². The molecule has 0 bridgehead atoms. The van der Waals surface area contributed by atoms with Gasteiger partial charge in [-0.05, 0) is 38.5 Å². The molecule has 1 saturated heterocycles. The summed E-state index contributed by atoms with van der Waals surface area (Å²) in [5, 5.41) is 3.81. The van der Waals surface area contributed by atoms with Crippen molar-refractivity contribution >= 4 is 0 Å². The quantitative estimate of drug-likeness (QED) is 0.802. The average Bonchev–Trinajstić information content (AvgIpc) is 2.78. The maximum Gasteiger partial charge on any atom is 0.0589 e. The van der Waals surface area contributed by atoms with Gasteiger partial charge in [-0.1, -0.05) is 13.3 Å². The van der Waals surface area contributed by atoms with Crippen molar-refractivity contribution in [3.8, 4) is 0 Å². The fraction of sp³-hybridized carbons (Fsp3) is 1.00. The Morgan fingerprint density at radius 2 is 2.00 bits per heavy atom. The zero-order valence-electron chi connectivity index (χ0n) is 11.3. The van der Waals surface area contributed by atoms with Gasteiger partial charge in [0.25, 0.3) is 0 Å². The van der Waals surface area contributed by atoms with E-state index in [0.717, 1.165) is 6.61 Å². The lowest BCUT2D eigenvalue weighted by Crippen LogP contribution is -2.43. The first kappa shape index (κ1) is 13.3. The van der Waals surface area contributed by atoms with Gasteiger partial charge in [0, 0.05) is 25.8 Å². The lowest BCUT2D eigenvalue weighted by atomic mass is 9.99. The minimum Gasteiger partial charge on any atom is -0.381 e. The molecule has 0 radical (unpaired) electrons. The van der Waals surface area contributed by atoms with Gasteiger partial charge in [-0.3, -0.25) is 0 Å². The first-order valence-electron chi connectivity index (χ1n) is 7.22. The Morgan fingerprint density at radius 1 is 1.18 bits per heavy atom. The van der Waals surface area contributed by atoms with Crippen LogP contribution in [-0.2, 0) is 9.47 Å². The summed E-state index contributed by atoms with van der Waals surface area (Å²) < 4.78 is 11.2. The first-order chi connectivity index (χ1) is 8.31. The molecule has 4 atom stereocenters. The Kier molecular flexibility index (Phi) is 5.26. The van der Waals surface area contributed by atoms with Crippen molar-refractivity contribution in [1.82, 2.24) is 5.32 Å². The molecule has 0 aromatic heterocycles. The van der Waals surface area contributed by atoms with Crippen molar-refractivity contribution in [3.63, 3.8) is 0 Å². The molecule has 1 aliphatic carbocycles. The Bertz CT molecular complexity index is 220. The number of rotatable bonds is 5. The zero-order valence-corrected chi connectivity index (χ0v) is 11.3. The van der Waals surface area contributed by atoms with Crippen LogP contribution in [0.3, 0.4) is 0 Å². The third-order valence-electron chi connectivity index (χ3n) is 4.17. The Hall–Kier alpha value is -0.120. The maximum atomic E-state index is 5.79. The van der Waals surface area contributed by atoms with Crippen LogP contribution < -0.4 is 5.32 Å². The number of ether oxygens (including phenoxy) is 2. The first-order valence-corrected chi connectivity index (χ1v) is 7.22. The van der Waals surface area contributed by atoms with Crippen LogP contribution in [0.25, 0.3) is 0 Å². The van der Waals surface area contributed by atoms with Crippen LogP contribution in [0.1, 0.15) is 51.9 Å². The lowest BCUT2D eigenvalue weighted by Gasteiger charge is -2.32. The Balaban J connectivity index is 1.71. The SMILES string of the molecule is CCCC1CC(NC2CCC(OC)C2)CCO1. The Labute approximate surface area is 105 Å². The monoisotopic (exact) mass is 241 g/mol. The van der Waals surface area contributed by atoms with Gasteiger partial charge in [-0.25, -0.2) is 0 Å². The summed E-state index contributed by atoms with van der Waals surface area (Å²) in [6.45, 7) is 3.17. The van der Waals surface area contributed by atoms with E-state index >= 15 is 0 Å². The molecule has 1 aliphatic heterocycles. The van der Waals surface area contributed by atoms with Gasteiger partial charge in [-0.2, -0.15) is 0 Å². The molecule has 0 amide bonds. The van der Waals surface area contributed by atoms with Crippen LogP contribution in [-0.4, -0.2) is 38.0 Å². The molecular formula is C14H27NO2. The van der Waals surface area contributed by atoms with E-state index in [4.69, 9.17) is 9.47 Å². The van der Waals surface area contributed by atoms with E-state index in [1.165, 1.54) is 44.9 Å². The molecule has 3 heteroatoms. The van der Waals surface area contributed by atoms with E-state index < -0.39 is 0 Å². The molecule has 0 aromatic carbocycles. The molecule has 100 valence electrons. The number of methoxy groups -OCH3 is 1. The van der Waals surface area contributed by atoms with Crippen molar-refractivity contribution in [2.45, 2.75) is 76.2 Å². The van der Waals surface area contributed by atoms with Crippen LogP contribution >= 0.6 is 0 Å². The van der Waals surface area contributed by atoms with Crippen molar-refractivity contribution in [3.05, 3.63) is 0 Å². The van der Waals surface area contributed by atoms with Crippen molar-refractivity contribution in [2.24, 2.45) is 0 Å². The van der Waals surface area contributed by atoms with Crippen LogP contribution in [0.5, 0.6) is 0 Å². The van der Waals surface area contributed by atoms with Crippen LogP contribution in [0.4, 0.5) is 0 Å². The topological polar surface area (TPSA) is 30.5 Å². The smallest absolute Gasteiger partial charge is 0.0589 e. The van der Waals surface area contributed by atoms with Gasteiger partial charge < -0.3 is 14.8 Å². The Morgan fingerprint density at radius 3 is 2.71 bits per heavy atom. The summed E-state index contributed by atoms with van der Waals surface area (Å²) in [5.74, 6) is 0. The van der Waals surface area contributed by atoms with Crippen molar-refractivity contribution < 1.29 is 9.47 Å². The van der Waals surface area contributed by atoms with Crippen LogP contribution in [0, 0.1) is 0 Å². The highest BCUT2D eigenvalue weighted by atomic mass is 16.5. The summed E-state index contributed by atoms with van der Waals surface area (Å²) in [4.78, 5) is 0. The fourth-order valence-electron chi connectivity index (χ4n) is 3.19. The second-order valence-corrected chi connectivity index (χ2v) is 5.54. The van der Waals surface area contributed by atoms with Gasteiger partial charge in [-0.15, -0.1) is 0 Å². The summed E-state index contributed by atoms with van der Waals surface area (Å²) >= 11 is 0. The molecule has 1 N–H and O–H groups in total. The van der Waals surface area contributed by atoms with Gasteiger partial charge >= 0.3 is 0 Å². The van der Waals surface area contributed by atoms with Gasteiger partial charge in [0.15, 0.2) is 0 Å². The second-order valence-electron chi connectivity index (χ2n) is 5.54. The van der Waals surface area contributed by atoms with E-state index in [9.17, 15) is 0 Å². The summed E-state index contributed by atoms with van der Waals surface area (Å²) in [6, 6.07) is 1.34. The number of hydrogen-bond donors (Lipinski definition) is 1. The predicted octanol–water partition coefficient (Wildman–Crippen LogP) is 2.49. The third kappa shape index (κ3) is 3.94. The highest BCUT2D eigenvalue weighted by molar-refractivity contribution is 4.86. The molecule has 2 fully saturated rings. The molecule has 2 rings (SSSR count). The van der Waals surface area contributed by atoms with E-state index in [1.807, 2.05) is 7.11 Å². The average molecular weight is 241 g/mol. The molecule has 4 unspecified atom stereocenters.